The van der Waals surface area contributed by atoms with Gasteiger partial charge in [0.1, 0.15) is 0 Å². The van der Waals surface area contributed by atoms with Gasteiger partial charge in [0, 0.05) is 12.4 Å². The molecule has 0 amide bonds. The second-order valence-corrected chi connectivity index (χ2v) is 19.6. The van der Waals surface area contributed by atoms with Crippen LogP contribution in [0.2, 0.25) is 0 Å². The van der Waals surface area contributed by atoms with Crippen LogP contribution in [-0.4, -0.2) is 9.97 Å². The lowest BCUT2D eigenvalue weighted by molar-refractivity contribution is 0.734. The van der Waals surface area contributed by atoms with Gasteiger partial charge in [-0.05, 0) is 148 Å². The van der Waals surface area contributed by atoms with Crippen LogP contribution < -0.4 is 0 Å². The second-order valence-electron chi connectivity index (χ2n) is 19.6. The van der Waals surface area contributed by atoms with Crippen LogP contribution >= 0.6 is 0 Å². The highest BCUT2D eigenvalue weighted by Gasteiger charge is 2.49. The Morgan fingerprint density at radius 3 is 0.971 bits per heavy atom. The number of hydrogen-bond donors (Lipinski definition) is 0. The third kappa shape index (κ3) is 6.69. The topological polar surface area (TPSA) is 25.8 Å². The van der Waals surface area contributed by atoms with Gasteiger partial charge < -0.3 is 0 Å². The summed E-state index contributed by atoms with van der Waals surface area (Å²) in [4.78, 5) is 10.5. The van der Waals surface area contributed by atoms with Crippen molar-refractivity contribution in [3.63, 3.8) is 0 Å². The lowest BCUT2D eigenvalue weighted by Crippen LogP contribution is -2.30. The van der Waals surface area contributed by atoms with Gasteiger partial charge >= 0.3 is 0 Å². The number of hydrogen-bond acceptors (Lipinski definition) is 2. The zero-order chi connectivity index (χ0) is 47.4. The molecule has 10 aromatic rings. The van der Waals surface area contributed by atoms with Gasteiger partial charge in [0.15, 0.2) is 0 Å². The number of nitrogens with zero attached hydrogens (tertiary/aromatic N) is 2. The van der Waals surface area contributed by atoms with Crippen LogP contribution in [0.15, 0.2) is 243 Å². The first-order valence-electron chi connectivity index (χ1n) is 24.8. The summed E-state index contributed by atoms with van der Waals surface area (Å²) in [6.45, 7) is 9.08. The Hall–Kier alpha value is -8.20. The van der Waals surface area contributed by atoms with E-state index in [0.29, 0.717) is 11.8 Å². The smallest absolute Gasteiger partial charge is 0.0886 e. The summed E-state index contributed by atoms with van der Waals surface area (Å²) in [6, 6.07) is 85.8. The van der Waals surface area contributed by atoms with E-state index < -0.39 is 10.8 Å². The summed E-state index contributed by atoms with van der Waals surface area (Å²) in [5.41, 5.74) is 22.5. The van der Waals surface area contributed by atoms with E-state index in [1.165, 1.54) is 83.5 Å². The van der Waals surface area contributed by atoms with Crippen molar-refractivity contribution < 1.29 is 0 Å². The molecule has 0 radical (unpaired) electrons. The molecular formula is C68H54N2. The van der Waals surface area contributed by atoms with Crippen LogP contribution in [-0.2, 0) is 10.8 Å². The summed E-state index contributed by atoms with van der Waals surface area (Å²) >= 11 is 0. The van der Waals surface area contributed by atoms with Crippen molar-refractivity contribution >= 4 is 11.1 Å². The molecule has 0 saturated heterocycles. The molecular weight excluding hydrogens is 845 g/mol. The number of fused-ring (bicyclic) bond motifs is 6. The maximum absolute atomic E-state index is 5.23. The Morgan fingerprint density at radius 2 is 0.643 bits per heavy atom. The Morgan fingerprint density at radius 1 is 0.314 bits per heavy atom. The van der Waals surface area contributed by atoms with Crippen LogP contribution in [0.1, 0.15) is 118 Å². The molecule has 2 aliphatic carbocycles. The van der Waals surface area contributed by atoms with Crippen LogP contribution in [0.5, 0.6) is 0 Å². The Balaban J connectivity index is 1.19. The minimum absolute atomic E-state index is 0.402. The molecule has 2 aliphatic rings. The molecule has 0 unspecified atom stereocenters. The van der Waals surface area contributed by atoms with E-state index in [1.807, 2.05) is 24.5 Å². The molecule has 0 aliphatic heterocycles. The highest BCUT2D eigenvalue weighted by molar-refractivity contribution is 6.05. The van der Waals surface area contributed by atoms with E-state index in [1.54, 1.807) is 0 Å². The van der Waals surface area contributed by atoms with Crippen LogP contribution in [0.4, 0.5) is 0 Å². The first-order chi connectivity index (χ1) is 34.4. The van der Waals surface area contributed by atoms with E-state index in [-0.39, 0.29) is 0 Å². The fourth-order valence-electron chi connectivity index (χ4n) is 11.9. The van der Waals surface area contributed by atoms with Gasteiger partial charge in [0.25, 0.3) is 0 Å². The van der Waals surface area contributed by atoms with Crippen molar-refractivity contribution in [2.24, 2.45) is 0 Å². The molecule has 0 bridgehead atoms. The van der Waals surface area contributed by atoms with E-state index >= 15 is 0 Å². The van der Waals surface area contributed by atoms with Crippen molar-refractivity contribution in [2.75, 3.05) is 0 Å². The minimum atomic E-state index is -0.671. The molecule has 0 saturated carbocycles. The van der Waals surface area contributed by atoms with Gasteiger partial charge in [-0.1, -0.05) is 222 Å². The van der Waals surface area contributed by atoms with Crippen LogP contribution in [0, 0.1) is 0 Å². The Kier molecular flexibility index (Phi) is 10.7. The lowest BCUT2D eigenvalue weighted by Gasteiger charge is -2.34. The normalized spacial score (nSPS) is 13.6. The number of pyridine rings is 2. The highest BCUT2D eigenvalue weighted by Crippen LogP contribution is 2.58. The average Bonchev–Trinajstić information content (AvgIpc) is 3.90. The van der Waals surface area contributed by atoms with Crippen LogP contribution in [0.25, 0.3) is 33.4 Å². The number of rotatable bonds is 10. The largest absolute Gasteiger partial charge is 0.260 e. The van der Waals surface area contributed by atoms with Crippen molar-refractivity contribution in [1.82, 2.24) is 9.97 Å². The first-order valence-corrected chi connectivity index (χ1v) is 24.8. The predicted octanol–water partition coefficient (Wildman–Crippen LogP) is 16.5. The molecule has 0 atom stereocenters. The zero-order valence-corrected chi connectivity index (χ0v) is 40.1. The Bertz CT molecular complexity index is 3250. The maximum atomic E-state index is 5.23. The highest BCUT2D eigenvalue weighted by atomic mass is 14.7. The monoisotopic (exact) mass is 898 g/mol. The fraction of sp³-hybridized carbons (Fsp3) is 0.118. The molecule has 2 heteroatoms. The fourth-order valence-corrected chi connectivity index (χ4v) is 11.9. The van der Waals surface area contributed by atoms with Crippen molar-refractivity contribution in [3.8, 4) is 22.3 Å². The summed E-state index contributed by atoms with van der Waals surface area (Å²) < 4.78 is 0. The lowest BCUT2D eigenvalue weighted by atomic mass is 9.68. The molecule has 0 fully saturated rings. The molecule has 2 nitrogen and oxygen atoms in total. The van der Waals surface area contributed by atoms with E-state index in [0.717, 1.165) is 28.1 Å². The van der Waals surface area contributed by atoms with Crippen molar-refractivity contribution in [1.29, 1.82) is 0 Å². The van der Waals surface area contributed by atoms with Crippen LogP contribution in [0.3, 0.4) is 0 Å². The number of aromatic nitrogens is 2. The third-order valence-corrected chi connectivity index (χ3v) is 15.2. The third-order valence-electron chi connectivity index (χ3n) is 15.2. The quantitative estimate of drug-likeness (QED) is 0.128. The van der Waals surface area contributed by atoms with Gasteiger partial charge in [-0.15, -0.1) is 0 Å². The number of benzene rings is 8. The summed E-state index contributed by atoms with van der Waals surface area (Å²) in [6.07, 6.45) is 3.88. The molecule has 0 spiro atoms. The van der Waals surface area contributed by atoms with Crippen molar-refractivity contribution in [2.45, 2.75) is 50.4 Å². The average molecular weight is 899 g/mol. The molecule has 70 heavy (non-hydrogen) atoms. The molecule has 8 aromatic carbocycles. The SMILES string of the molecule is CC(C)c1ccc(C(=C(c2cccc(C3(c4ccccn4)c4ccccc4-c4ccccc43)c2)c2cccc(C3(c4ccccn4)c4ccccc4-c4ccccc43)c2)c2ccc(C(C)C)cc2)cc1. The first kappa shape index (κ1) is 43.1. The minimum Gasteiger partial charge on any atom is -0.260 e. The molecule has 0 N–H and O–H groups in total. The van der Waals surface area contributed by atoms with Gasteiger partial charge in [0.05, 0.1) is 22.2 Å². The molecule has 2 heterocycles. The maximum Gasteiger partial charge on any atom is 0.0886 e. The second kappa shape index (κ2) is 17.4. The zero-order valence-electron chi connectivity index (χ0n) is 40.1. The van der Waals surface area contributed by atoms with E-state index in [9.17, 15) is 0 Å². The summed E-state index contributed by atoms with van der Waals surface area (Å²) in [5, 5.41) is 0. The van der Waals surface area contributed by atoms with Gasteiger partial charge in [0.2, 0.25) is 0 Å². The molecule has 2 aromatic heterocycles. The summed E-state index contributed by atoms with van der Waals surface area (Å²) in [5.74, 6) is 0.805. The predicted molar refractivity (Wildman–Crippen MR) is 289 cm³/mol. The molecule has 336 valence electrons. The van der Waals surface area contributed by atoms with E-state index in [4.69, 9.17) is 9.97 Å². The summed E-state index contributed by atoms with van der Waals surface area (Å²) in [7, 11) is 0. The van der Waals surface area contributed by atoms with Crippen molar-refractivity contribution in [3.05, 3.63) is 321 Å². The van der Waals surface area contributed by atoms with E-state index in [2.05, 4.69) is 246 Å². The Labute approximate surface area is 412 Å². The standard InChI is InChI=1S/C68H54N2/c1-45(2)47-33-37-49(38-34-47)65(50-39-35-48(36-40-50)46(3)4)66(51-19-17-21-53(43-51)67(63-31-13-15-41-69-63)59-27-9-5-23-55(59)56-24-6-10-28-60(56)67)52-20-18-22-54(44-52)68(64-32-14-16-42-70-64)61-29-11-7-25-57(61)58-26-8-12-30-62(58)68/h5-46H,1-4H3. The van der Waals surface area contributed by atoms with Gasteiger partial charge in [-0.25, -0.2) is 0 Å². The van der Waals surface area contributed by atoms with Gasteiger partial charge in [-0.3, -0.25) is 9.97 Å². The van der Waals surface area contributed by atoms with Gasteiger partial charge in [-0.2, -0.15) is 0 Å². The molecule has 12 rings (SSSR count).